The molecule has 1 N–H and O–H groups in total. The largest absolute Gasteiger partial charge is 0.494 e. The molecule has 1 fully saturated rings. The summed E-state index contributed by atoms with van der Waals surface area (Å²) in [7, 11) is 6.59. The second kappa shape index (κ2) is 12.7. The summed E-state index contributed by atoms with van der Waals surface area (Å²) in [5, 5.41) is 10.6. The fourth-order valence-electron chi connectivity index (χ4n) is 5.11. The van der Waals surface area contributed by atoms with Gasteiger partial charge in [0.25, 0.3) is 0 Å². The van der Waals surface area contributed by atoms with Crippen LogP contribution in [-0.4, -0.2) is 49.8 Å². The van der Waals surface area contributed by atoms with Crippen molar-refractivity contribution in [3.8, 4) is 5.75 Å². The van der Waals surface area contributed by atoms with Crippen LogP contribution in [-0.2, 0) is 4.79 Å². The van der Waals surface area contributed by atoms with Gasteiger partial charge in [-0.05, 0) is 91.8 Å². The number of benzene rings is 3. The van der Waals surface area contributed by atoms with E-state index in [9.17, 15) is 18.7 Å². The zero-order chi connectivity index (χ0) is 28.0. The minimum Gasteiger partial charge on any atom is -0.494 e. The second-order valence-electron chi connectivity index (χ2n) is 11.4. The van der Waals surface area contributed by atoms with Crippen LogP contribution in [0.15, 0.2) is 72.8 Å². The smallest absolute Gasteiger partial charge is 0.233 e. The van der Waals surface area contributed by atoms with E-state index in [4.69, 9.17) is 4.74 Å². The lowest BCUT2D eigenvalue weighted by Crippen LogP contribution is -2.55. The summed E-state index contributed by atoms with van der Waals surface area (Å²) in [6, 6.07) is 19.3. The zero-order valence-corrected chi connectivity index (χ0v) is 23.0. The van der Waals surface area contributed by atoms with Crippen LogP contribution in [0.5, 0.6) is 5.75 Å². The summed E-state index contributed by atoms with van der Waals surface area (Å²) in [5.41, 5.74) is 2.21. The Bertz CT molecular complexity index is 1210. The number of amides is 1. The molecule has 0 spiro atoms. The number of hydrogen-bond donors (Lipinski definition) is 1. The van der Waals surface area contributed by atoms with Gasteiger partial charge in [-0.15, -0.1) is 0 Å². The molecule has 0 bridgehead atoms. The molecule has 1 aliphatic rings. The Hall–Kier alpha value is -3.29. The van der Waals surface area contributed by atoms with Gasteiger partial charge in [0.05, 0.1) is 52.4 Å². The van der Waals surface area contributed by atoms with Crippen LogP contribution >= 0.6 is 0 Å². The first-order valence-corrected chi connectivity index (χ1v) is 13.7. The lowest BCUT2D eigenvalue weighted by Gasteiger charge is -2.48. The van der Waals surface area contributed by atoms with E-state index < -0.39 is 6.10 Å². The number of unbranched alkanes of at least 4 members (excludes halogenated alkanes) is 2. The van der Waals surface area contributed by atoms with Gasteiger partial charge in [-0.3, -0.25) is 4.79 Å². The van der Waals surface area contributed by atoms with E-state index in [1.165, 1.54) is 24.3 Å². The number of carbonyl (C=O) groups excluding carboxylic acids is 1. The number of quaternary nitrogens is 1. The van der Waals surface area contributed by atoms with E-state index in [1.54, 1.807) is 29.2 Å². The van der Waals surface area contributed by atoms with Gasteiger partial charge < -0.3 is 19.2 Å². The summed E-state index contributed by atoms with van der Waals surface area (Å²) >= 11 is 0. The maximum absolute atomic E-state index is 13.6. The molecule has 1 saturated heterocycles. The highest BCUT2D eigenvalue weighted by Gasteiger charge is 2.48. The molecule has 0 saturated carbocycles. The van der Waals surface area contributed by atoms with Gasteiger partial charge in [0.2, 0.25) is 5.91 Å². The molecule has 3 atom stereocenters. The van der Waals surface area contributed by atoms with Gasteiger partial charge in [-0.25, -0.2) is 8.78 Å². The Labute approximate surface area is 230 Å². The van der Waals surface area contributed by atoms with Crippen molar-refractivity contribution in [2.45, 2.75) is 44.2 Å². The quantitative estimate of drug-likeness (QED) is 0.155. The molecule has 0 radical (unpaired) electrons. The van der Waals surface area contributed by atoms with Crippen molar-refractivity contribution >= 4 is 11.6 Å². The Morgan fingerprint density at radius 1 is 0.872 bits per heavy atom. The van der Waals surface area contributed by atoms with Crippen LogP contribution in [0.3, 0.4) is 0 Å². The molecule has 3 unspecified atom stereocenters. The van der Waals surface area contributed by atoms with E-state index in [0.717, 1.165) is 41.6 Å². The zero-order valence-electron chi connectivity index (χ0n) is 23.0. The number of halogens is 2. The first kappa shape index (κ1) is 28.7. The highest BCUT2D eigenvalue weighted by atomic mass is 19.1. The summed E-state index contributed by atoms with van der Waals surface area (Å²) in [4.78, 5) is 14.9. The normalized spacial score (nSPS) is 18.1. The fraction of sp³-hybridized carbons (Fsp3) is 0.406. The Morgan fingerprint density at radius 3 is 2.10 bits per heavy atom. The van der Waals surface area contributed by atoms with Gasteiger partial charge in [0.1, 0.15) is 17.4 Å². The van der Waals surface area contributed by atoms with Crippen molar-refractivity contribution in [2.75, 3.05) is 39.2 Å². The van der Waals surface area contributed by atoms with Crippen LogP contribution in [0.4, 0.5) is 14.5 Å². The van der Waals surface area contributed by atoms with Crippen LogP contribution in [0.25, 0.3) is 0 Å². The highest BCUT2D eigenvalue weighted by Crippen LogP contribution is 2.46. The number of anilines is 1. The lowest BCUT2D eigenvalue weighted by atomic mass is 9.78. The standard InChI is InChI=1S/C32H39F2N2O3/c1-36(2,3)21-5-4-6-22-39-28-17-9-24(10-18-28)31-29(19-20-30(37)23-7-11-25(33)12-8-23)32(38)35(31)27-15-13-26(34)14-16-27/h7-18,29-31,37H,4-6,19-22H2,1-3H3/q+1. The van der Waals surface area contributed by atoms with Gasteiger partial charge >= 0.3 is 0 Å². The Balaban J connectivity index is 1.41. The third-order valence-electron chi connectivity index (χ3n) is 7.29. The number of nitrogens with zero attached hydrogens (tertiary/aromatic N) is 2. The van der Waals surface area contributed by atoms with Gasteiger partial charge in [0.15, 0.2) is 0 Å². The average molecular weight is 538 g/mol. The molecule has 39 heavy (non-hydrogen) atoms. The number of rotatable bonds is 13. The molecule has 0 aliphatic carbocycles. The van der Waals surface area contributed by atoms with Crippen LogP contribution in [0.1, 0.15) is 55.4 Å². The topological polar surface area (TPSA) is 49.8 Å². The lowest BCUT2D eigenvalue weighted by molar-refractivity contribution is -0.870. The van der Waals surface area contributed by atoms with Gasteiger partial charge in [-0.2, -0.15) is 0 Å². The summed E-state index contributed by atoms with van der Waals surface area (Å²) in [6.07, 6.45) is 3.32. The van der Waals surface area contributed by atoms with Crippen molar-refractivity contribution in [3.63, 3.8) is 0 Å². The van der Waals surface area contributed by atoms with E-state index in [2.05, 4.69) is 21.1 Å². The van der Waals surface area contributed by atoms with E-state index >= 15 is 0 Å². The third-order valence-corrected chi connectivity index (χ3v) is 7.29. The summed E-state index contributed by atoms with van der Waals surface area (Å²) in [6.45, 7) is 1.80. The highest BCUT2D eigenvalue weighted by molar-refractivity contribution is 6.03. The number of ether oxygens (including phenoxy) is 1. The van der Waals surface area contributed by atoms with E-state index in [1.807, 2.05) is 24.3 Å². The number of aliphatic hydroxyl groups excluding tert-OH is 1. The third kappa shape index (κ3) is 7.64. The molecule has 4 rings (SSSR count). The maximum Gasteiger partial charge on any atom is 0.233 e. The fourth-order valence-corrected chi connectivity index (χ4v) is 5.11. The summed E-state index contributed by atoms with van der Waals surface area (Å²) in [5.74, 6) is -0.332. The molecule has 1 amide bonds. The van der Waals surface area contributed by atoms with Crippen LogP contribution in [0.2, 0.25) is 0 Å². The number of hydrogen-bond acceptors (Lipinski definition) is 3. The van der Waals surface area contributed by atoms with Crippen molar-refractivity contribution < 1.29 is 27.9 Å². The van der Waals surface area contributed by atoms with Crippen molar-refractivity contribution in [1.82, 2.24) is 0 Å². The maximum atomic E-state index is 13.6. The minimum atomic E-state index is -0.794. The number of carbonyl (C=O) groups is 1. The Kier molecular flexibility index (Phi) is 9.36. The molecule has 1 aliphatic heterocycles. The molecule has 3 aromatic rings. The van der Waals surface area contributed by atoms with E-state index in [0.29, 0.717) is 30.7 Å². The van der Waals surface area contributed by atoms with Crippen molar-refractivity contribution in [3.05, 3.63) is 95.6 Å². The number of β-lactam (4-membered cyclic amide) rings is 1. The molecule has 3 aromatic carbocycles. The predicted octanol–water partition coefficient (Wildman–Crippen LogP) is 6.44. The van der Waals surface area contributed by atoms with Crippen LogP contribution < -0.4 is 9.64 Å². The first-order valence-electron chi connectivity index (χ1n) is 13.7. The molecule has 208 valence electrons. The average Bonchev–Trinajstić information content (AvgIpc) is 2.90. The molecule has 5 nitrogen and oxygen atoms in total. The van der Waals surface area contributed by atoms with Crippen LogP contribution in [0, 0.1) is 17.6 Å². The molecule has 1 heterocycles. The van der Waals surface area contributed by atoms with Gasteiger partial charge in [-0.1, -0.05) is 24.3 Å². The predicted molar refractivity (Wildman–Crippen MR) is 149 cm³/mol. The van der Waals surface area contributed by atoms with Crippen molar-refractivity contribution in [1.29, 1.82) is 0 Å². The summed E-state index contributed by atoms with van der Waals surface area (Å²) < 4.78 is 33.7. The second-order valence-corrected chi connectivity index (χ2v) is 11.4. The van der Waals surface area contributed by atoms with Crippen molar-refractivity contribution in [2.24, 2.45) is 5.92 Å². The van der Waals surface area contributed by atoms with Gasteiger partial charge in [0, 0.05) is 5.69 Å². The Morgan fingerprint density at radius 2 is 1.49 bits per heavy atom. The molecule has 0 aromatic heterocycles. The molecular weight excluding hydrogens is 498 g/mol. The monoisotopic (exact) mass is 537 g/mol. The molecular formula is C32H39F2N2O3+. The van der Waals surface area contributed by atoms with E-state index in [-0.39, 0.29) is 29.5 Å². The first-order chi connectivity index (χ1) is 18.6. The molecule has 7 heteroatoms. The minimum absolute atomic E-state index is 0.0629. The SMILES string of the molecule is C[N+](C)(C)CCCCCOc1ccc(C2C(CCC(O)c3ccc(F)cc3)C(=O)N2c2ccc(F)cc2)cc1. The number of aliphatic hydroxyl groups is 1.